The molecule has 1 atom stereocenters. The SMILES string of the molecule is CCCOc1ccc(CN2CCOCC2C(=O)O)cc1. The standard InChI is InChI=1S/C15H21NO4/c1-2-8-20-13-5-3-12(4-6-13)10-16-7-9-19-11-14(16)15(17)18/h3-6,14H,2,7-11H2,1H3,(H,17,18). The van der Waals surface area contributed by atoms with Crippen molar-refractivity contribution in [3.8, 4) is 5.75 Å². The van der Waals surface area contributed by atoms with Crippen LogP contribution in [0.15, 0.2) is 24.3 Å². The lowest BCUT2D eigenvalue weighted by molar-refractivity contribution is -0.150. The molecule has 20 heavy (non-hydrogen) atoms. The summed E-state index contributed by atoms with van der Waals surface area (Å²) in [5.74, 6) is 0.0277. The largest absolute Gasteiger partial charge is 0.494 e. The second kappa shape index (κ2) is 7.26. The van der Waals surface area contributed by atoms with Gasteiger partial charge in [-0.05, 0) is 24.1 Å². The lowest BCUT2D eigenvalue weighted by Gasteiger charge is -2.32. The molecule has 5 heteroatoms. The monoisotopic (exact) mass is 279 g/mol. The Morgan fingerprint density at radius 2 is 2.20 bits per heavy atom. The van der Waals surface area contributed by atoms with Crippen molar-refractivity contribution in [2.45, 2.75) is 25.9 Å². The molecule has 0 bridgehead atoms. The molecule has 1 unspecified atom stereocenters. The molecule has 1 heterocycles. The average Bonchev–Trinajstić information content (AvgIpc) is 2.47. The van der Waals surface area contributed by atoms with Gasteiger partial charge in [-0.3, -0.25) is 9.69 Å². The number of nitrogens with zero attached hydrogens (tertiary/aromatic N) is 1. The van der Waals surface area contributed by atoms with Crippen LogP contribution < -0.4 is 4.74 Å². The molecule has 1 aliphatic rings. The van der Waals surface area contributed by atoms with Gasteiger partial charge in [0.05, 0.1) is 19.8 Å². The van der Waals surface area contributed by atoms with E-state index < -0.39 is 12.0 Å². The van der Waals surface area contributed by atoms with E-state index in [1.54, 1.807) is 0 Å². The number of aliphatic carboxylic acids is 1. The Morgan fingerprint density at radius 3 is 2.85 bits per heavy atom. The number of morpholine rings is 1. The normalized spacial score (nSPS) is 19.8. The fourth-order valence-corrected chi connectivity index (χ4v) is 2.20. The fraction of sp³-hybridized carbons (Fsp3) is 0.533. The van der Waals surface area contributed by atoms with Gasteiger partial charge >= 0.3 is 5.97 Å². The Balaban J connectivity index is 1.96. The highest BCUT2D eigenvalue weighted by molar-refractivity contribution is 5.73. The van der Waals surface area contributed by atoms with Crippen molar-refractivity contribution >= 4 is 5.97 Å². The van der Waals surface area contributed by atoms with E-state index in [0.717, 1.165) is 17.7 Å². The van der Waals surface area contributed by atoms with E-state index in [-0.39, 0.29) is 6.61 Å². The summed E-state index contributed by atoms with van der Waals surface area (Å²) in [6.45, 7) is 4.89. The molecular formula is C15H21NO4. The predicted octanol–water partition coefficient (Wildman–Crippen LogP) is 1.76. The van der Waals surface area contributed by atoms with Gasteiger partial charge in [-0.15, -0.1) is 0 Å². The minimum absolute atomic E-state index is 0.257. The second-order valence-electron chi connectivity index (χ2n) is 4.89. The number of carboxylic acids is 1. The first-order chi connectivity index (χ1) is 9.70. The van der Waals surface area contributed by atoms with Crippen molar-refractivity contribution in [2.24, 2.45) is 0 Å². The first-order valence-electron chi connectivity index (χ1n) is 6.97. The van der Waals surface area contributed by atoms with Gasteiger partial charge in [0.25, 0.3) is 0 Å². The summed E-state index contributed by atoms with van der Waals surface area (Å²) >= 11 is 0. The van der Waals surface area contributed by atoms with Crippen LogP contribution in [0.2, 0.25) is 0 Å². The summed E-state index contributed by atoms with van der Waals surface area (Å²) in [6.07, 6.45) is 0.982. The van der Waals surface area contributed by atoms with Crippen molar-refractivity contribution in [3.05, 3.63) is 29.8 Å². The zero-order valence-corrected chi connectivity index (χ0v) is 11.7. The molecule has 1 N–H and O–H groups in total. The summed E-state index contributed by atoms with van der Waals surface area (Å²) in [7, 11) is 0. The summed E-state index contributed by atoms with van der Waals surface area (Å²) in [4.78, 5) is 13.1. The minimum Gasteiger partial charge on any atom is -0.494 e. The lowest BCUT2D eigenvalue weighted by atomic mass is 10.1. The van der Waals surface area contributed by atoms with Crippen LogP contribution in [-0.2, 0) is 16.1 Å². The van der Waals surface area contributed by atoms with E-state index in [2.05, 4.69) is 6.92 Å². The van der Waals surface area contributed by atoms with Crippen LogP contribution >= 0.6 is 0 Å². The number of carbonyl (C=O) groups is 1. The van der Waals surface area contributed by atoms with Crippen molar-refractivity contribution in [3.63, 3.8) is 0 Å². The van der Waals surface area contributed by atoms with Crippen molar-refractivity contribution < 1.29 is 19.4 Å². The van der Waals surface area contributed by atoms with Gasteiger partial charge in [0, 0.05) is 13.1 Å². The smallest absolute Gasteiger partial charge is 0.323 e. The number of hydrogen-bond donors (Lipinski definition) is 1. The number of carboxylic acid groups (broad SMARTS) is 1. The molecule has 0 spiro atoms. The highest BCUT2D eigenvalue weighted by atomic mass is 16.5. The van der Waals surface area contributed by atoms with E-state index in [4.69, 9.17) is 9.47 Å². The molecule has 0 aliphatic carbocycles. The van der Waals surface area contributed by atoms with Crippen LogP contribution in [0.25, 0.3) is 0 Å². The zero-order valence-electron chi connectivity index (χ0n) is 11.7. The Labute approximate surface area is 119 Å². The van der Waals surface area contributed by atoms with E-state index in [1.807, 2.05) is 29.2 Å². The molecule has 0 saturated carbocycles. The van der Waals surface area contributed by atoms with E-state index in [0.29, 0.717) is 26.3 Å². The van der Waals surface area contributed by atoms with Crippen LogP contribution in [-0.4, -0.2) is 48.4 Å². The van der Waals surface area contributed by atoms with Crippen LogP contribution in [0.5, 0.6) is 5.75 Å². The molecule has 1 aromatic carbocycles. The van der Waals surface area contributed by atoms with Crippen LogP contribution in [0.3, 0.4) is 0 Å². The van der Waals surface area contributed by atoms with Crippen molar-refractivity contribution in [2.75, 3.05) is 26.4 Å². The van der Waals surface area contributed by atoms with Crippen LogP contribution in [0.1, 0.15) is 18.9 Å². The first-order valence-corrected chi connectivity index (χ1v) is 6.97. The molecule has 2 rings (SSSR count). The molecule has 1 fully saturated rings. The quantitative estimate of drug-likeness (QED) is 0.860. The first kappa shape index (κ1) is 14.8. The number of ether oxygens (including phenoxy) is 2. The third kappa shape index (κ3) is 3.95. The molecule has 1 aliphatic heterocycles. The van der Waals surface area contributed by atoms with Gasteiger partial charge in [0.15, 0.2) is 0 Å². The molecule has 5 nitrogen and oxygen atoms in total. The maximum absolute atomic E-state index is 11.2. The van der Waals surface area contributed by atoms with E-state index in [1.165, 1.54) is 0 Å². The highest BCUT2D eigenvalue weighted by Gasteiger charge is 2.28. The Morgan fingerprint density at radius 1 is 1.45 bits per heavy atom. The summed E-state index contributed by atoms with van der Waals surface area (Å²) in [5.41, 5.74) is 1.09. The average molecular weight is 279 g/mol. The summed E-state index contributed by atoms with van der Waals surface area (Å²) < 4.78 is 10.8. The van der Waals surface area contributed by atoms with Gasteiger partial charge in [0.1, 0.15) is 11.8 Å². The van der Waals surface area contributed by atoms with Gasteiger partial charge < -0.3 is 14.6 Å². The molecule has 0 amide bonds. The molecule has 110 valence electrons. The molecule has 1 aromatic rings. The van der Waals surface area contributed by atoms with Gasteiger partial charge in [-0.1, -0.05) is 19.1 Å². The molecular weight excluding hydrogens is 258 g/mol. The number of hydrogen-bond acceptors (Lipinski definition) is 4. The minimum atomic E-state index is -0.826. The van der Waals surface area contributed by atoms with Gasteiger partial charge in [-0.25, -0.2) is 0 Å². The number of benzene rings is 1. The van der Waals surface area contributed by atoms with Gasteiger partial charge in [-0.2, -0.15) is 0 Å². The van der Waals surface area contributed by atoms with E-state index in [9.17, 15) is 9.90 Å². The molecule has 1 saturated heterocycles. The molecule has 0 radical (unpaired) electrons. The zero-order chi connectivity index (χ0) is 14.4. The second-order valence-corrected chi connectivity index (χ2v) is 4.89. The lowest BCUT2D eigenvalue weighted by Crippen LogP contribution is -2.49. The highest BCUT2D eigenvalue weighted by Crippen LogP contribution is 2.16. The Bertz CT molecular complexity index is 432. The summed E-state index contributed by atoms with van der Waals surface area (Å²) in [6, 6.07) is 7.28. The van der Waals surface area contributed by atoms with Gasteiger partial charge in [0.2, 0.25) is 0 Å². The van der Waals surface area contributed by atoms with Crippen LogP contribution in [0, 0.1) is 0 Å². The third-order valence-electron chi connectivity index (χ3n) is 3.31. The van der Waals surface area contributed by atoms with E-state index >= 15 is 0 Å². The Hall–Kier alpha value is -1.59. The topological polar surface area (TPSA) is 59.0 Å². The fourth-order valence-electron chi connectivity index (χ4n) is 2.20. The number of rotatable bonds is 6. The summed E-state index contributed by atoms with van der Waals surface area (Å²) in [5, 5.41) is 9.19. The van der Waals surface area contributed by atoms with Crippen molar-refractivity contribution in [1.82, 2.24) is 4.90 Å². The van der Waals surface area contributed by atoms with Crippen molar-refractivity contribution in [1.29, 1.82) is 0 Å². The van der Waals surface area contributed by atoms with Crippen LogP contribution in [0.4, 0.5) is 0 Å². The maximum atomic E-state index is 11.2. The molecule has 0 aromatic heterocycles. The maximum Gasteiger partial charge on any atom is 0.323 e. The Kier molecular flexibility index (Phi) is 5.38. The predicted molar refractivity (Wildman–Crippen MR) is 74.9 cm³/mol. The third-order valence-corrected chi connectivity index (χ3v) is 3.31.